The predicted molar refractivity (Wildman–Crippen MR) is 112 cm³/mol. The van der Waals surface area contributed by atoms with Crippen molar-refractivity contribution in [3.05, 3.63) is 56.5 Å². The van der Waals surface area contributed by atoms with Gasteiger partial charge in [-0.15, -0.1) is 0 Å². The van der Waals surface area contributed by atoms with E-state index in [4.69, 9.17) is 49.5 Å². The summed E-state index contributed by atoms with van der Waals surface area (Å²) in [5, 5.41) is 21.5. The van der Waals surface area contributed by atoms with Crippen LogP contribution >= 0.6 is 34.8 Å². The summed E-state index contributed by atoms with van der Waals surface area (Å²) >= 11 is 18.0. The first-order valence-corrected chi connectivity index (χ1v) is 9.37. The Labute approximate surface area is 182 Å². The van der Waals surface area contributed by atoms with Crippen molar-refractivity contribution in [1.29, 1.82) is 10.5 Å². The third-order valence-electron chi connectivity index (χ3n) is 3.47. The van der Waals surface area contributed by atoms with Gasteiger partial charge in [0, 0.05) is 5.69 Å². The van der Waals surface area contributed by atoms with Crippen LogP contribution in [0.1, 0.15) is 12.5 Å². The van der Waals surface area contributed by atoms with Crippen LogP contribution in [0.25, 0.3) is 6.08 Å². The van der Waals surface area contributed by atoms with Crippen LogP contribution in [0.2, 0.25) is 15.1 Å². The van der Waals surface area contributed by atoms with Gasteiger partial charge in [0.05, 0.1) is 21.7 Å². The third-order valence-corrected chi connectivity index (χ3v) is 4.49. The molecule has 29 heavy (non-hydrogen) atoms. The zero-order chi connectivity index (χ0) is 21.4. The molecule has 6 nitrogen and oxygen atoms in total. The second-order valence-corrected chi connectivity index (χ2v) is 6.68. The topological polar surface area (TPSA) is 95.1 Å². The summed E-state index contributed by atoms with van der Waals surface area (Å²) in [7, 11) is 0. The Balaban J connectivity index is 2.33. The first kappa shape index (κ1) is 22.4. The van der Waals surface area contributed by atoms with Crippen molar-refractivity contribution in [1.82, 2.24) is 0 Å². The lowest BCUT2D eigenvalue weighted by atomic mass is 10.1. The van der Waals surface area contributed by atoms with E-state index in [1.807, 2.05) is 12.1 Å². The fourth-order valence-corrected chi connectivity index (χ4v) is 2.84. The molecule has 0 saturated carbocycles. The lowest BCUT2D eigenvalue weighted by molar-refractivity contribution is -0.112. The van der Waals surface area contributed by atoms with Gasteiger partial charge in [-0.1, -0.05) is 34.8 Å². The number of ether oxygens (including phenoxy) is 2. The van der Waals surface area contributed by atoms with Crippen molar-refractivity contribution in [2.45, 2.75) is 6.92 Å². The molecular weight excluding hydrogens is 437 g/mol. The van der Waals surface area contributed by atoms with Crippen molar-refractivity contribution in [2.24, 2.45) is 0 Å². The number of carbonyl (C=O) groups is 1. The minimum atomic E-state index is -0.634. The van der Waals surface area contributed by atoms with Gasteiger partial charge >= 0.3 is 0 Å². The Morgan fingerprint density at radius 1 is 1.10 bits per heavy atom. The van der Waals surface area contributed by atoms with Crippen LogP contribution in [0.15, 0.2) is 35.9 Å². The minimum Gasteiger partial charge on any atom is -0.490 e. The minimum absolute atomic E-state index is 0.166. The van der Waals surface area contributed by atoms with Gasteiger partial charge in [0.2, 0.25) is 0 Å². The molecule has 0 unspecified atom stereocenters. The van der Waals surface area contributed by atoms with Crippen LogP contribution in [0, 0.1) is 22.7 Å². The number of hydrogen-bond donors (Lipinski definition) is 1. The molecule has 0 aliphatic rings. The summed E-state index contributed by atoms with van der Waals surface area (Å²) in [6.07, 6.45) is 1.36. The molecule has 2 rings (SSSR count). The molecular formula is C20H14Cl3N3O3. The van der Waals surface area contributed by atoms with Crippen molar-refractivity contribution in [3.8, 4) is 23.6 Å². The fraction of sp³-hybridized carbons (Fsp3) is 0.150. The number of rotatable bonds is 7. The average Bonchev–Trinajstić information content (AvgIpc) is 2.68. The zero-order valence-electron chi connectivity index (χ0n) is 15.1. The summed E-state index contributed by atoms with van der Waals surface area (Å²) in [6.45, 7) is 1.90. The Morgan fingerprint density at radius 2 is 1.86 bits per heavy atom. The number of anilines is 1. The highest BCUT2D eigenvalue weighted by Gasteiger charge is 2.15. The molecule has 0 fully saturated rings. The maximum Gasteiger partial charge on any atom is 0.266 e. The van der Waals surface area contributed by atoms with Crippen LogP contribution in [-0.2, 0) is 4.79 Å². The van der Waals surface area contributed by atoms with Crippen LogP contribution < -0.4 is 14.8 Å². The Kier molecular flexibility index (Phi) is 8.18. The molecule has 148 valence electrons. The predicted octanol–water partition coefficient (Wildman–Crippen LogP) is 5.49. The smallest absolute Gasteiger partial charge is 0.266 e. The van der Waals surface area contributed by atoms with Gasteiger partial charge in [-0.3, -0.25) is 4.79 Å². The molecule has 0 radical (unpaired) electrons. The van der Waals surface area contributed by atoms with Gasteiger partial charge < -0.3 is 14.8 Å². The van der Waals surface area contributed by atoms with Gasteiger partial charge in [-0.05, 0) is 48.9 Å². The number of nitrogens with zero attached hydrogens (tertiary/aromatic N) is 2. The third kappa shape index (κ3) is 6.04. The van der Waals surface area contributed by atoms with E-state index >= 15 is 0 Å². The van der Waals surface area contributed by atoms with Crippen molar-refractivity contribution in [2.75, 3.05) is 18.5 Å². The second-order valence-electron chi connectivity index (χ2n) is 5.46. The molecule has 0 heterocycles. The number of amides is 1. The average molecular weight is 451 g/mol. The number of benzene rings is 2. The Morgan fingerprint density at radius 3 is 2.48 bits per heavy atom. The van der Waals surface area contributed by atoms with Crippen molar-refractivity contribution >= 4 is 52.5 Å². The number of nitriles is 2. The molecule has 0 spiro atoms. The van der Waals surface area contributed by atoms with Gasteiger partial charge in [0.25, 0.3) is 5.91 Å². The molecule has 1 amide bonds. The Bertz CT molecular complexity index is 1040. The normalized spacial score (nSPS) is 10.6. The molecule has 2 aromatic rings. The Hall–Kier alpha value is -2.90. The largest absolute Gasteiger partial charge is 0.490 e. The lowest BCUT2D eigenvalue weighted by Crippen LogP contribution is -2.13. The molecule has 0 saturated heterocycles. The van der Waals surface area contributed by atoms with E-state index in [1.165, 1.54) is 24.3 Å². The SMILES string of the molecule is CCOc1cc(/C=C(\C#N)C(=O)Nc2ccc(Cl)c(Cl)c2)cc(Cl)c1OCC#N. The quantitative estimate of drug-likeness (QED) is 0.444. The van der Waals surface area contributed by atoms with Gasteiger partial charge in [0.1, 0.15) is 17.7 Å². The molecule has 0 atom stereocenters. The second kappa shape index (κ2) is 10.6. The summed E-state index contributed by atoms with van der Waals surface area (Å²) < 4.78 is 10.8. The first-order chi connectivity index (χ1) is 13.9. The number of halogens is 3. The maximum atomic E-state index is 12.4. The number of hydrogen-bond acceptors (Lipinski definition) is 5. The van der Waals surface area contributed by atoms with E-state index in [0.717, 1.165) is 0 Å². The summed E-state index contributed by atoms with van der Waals surface area (Å²) in [5.74, 6) is -0.126. The molecule has 2 aromatic carbocycles. The molecule has 9 heteroatoms. The molecule has 0 bridgehead atoms. The lowest BCUT2D eigenvalue weighted by Gasteiger charge is -2.13. The van der Waals surface area contributed by atoms with Gasteiger partial charge in [-0.2, -0.15) is 10.5 Å². The molecule has 1 N–H and O–H groups in total. The van der Waals surface area contributed by atoms with Crippen LogP contribution in [-0.4, -0.2) is 19.1 Å². The standard InChI is InChI=1S/C20H14Cl3N3O3/c1-2-28-18-9-12(8-17(23)19(18)29-6-5-24)7-13(11-25)20(27)26-14-3-4-15(21)16(22)10-14/h3-4,7-10H,2,6H2,1H3,(H,26,27)/b13-7+. The summed E-state index contributed by atoms with van der Waals surface area (Å²) in [6, 6.07) is 11.3. The molecule has 0 aliphatic heterocycles. The van der Waals surface area contributed by atoms with E-state index in [1.54, 1.807) is 19.1 Å². The molecule has 0 aliphatic carbocycles. The highest BCUT2D eigenvalue weighted by Crippen LogP contribution is 2.37. The summed E-state index contributed by atoms with van der Waals surface area (Å²) in [5.41, 5.74) is 0.669. The van der Waals surface area contributed by atoms with Gasteiger partial charge in [0.15, 0.2) is 18.1 Å². The monoisotopic (exact) mass is 449 g/mol. The van der Waals surface area contributed by atoms with E-state index in [-0.39, 0.29) is 28.0 Å². The first-order valence-electron chi connectivity index (χ1n) is 8.23. The van der Waals surface area contributed by atoms with Gasteiger partial charge in [-0.25, -0.2) is 0 Å². The summed E-state index contributed by atoms with van der Waals surface area (Å²) in [4.78, 5) is 12.4. The van der Waals surface area contributed by atoms with E-state index in [0.29, 0.717) is 28.6 Å². The van der Waals surface area contributed by atoms with E-state index in [2.05, 4.69) is 5.32 Å². The van der Waals surface area contributed by atoms with E-state index < -0.39 is 5.91 Å². The zero-order valence-corrected chi connectivity index (χ0v) is 17.4. The maximum absolute atomic E-state index is 12.4. The van der Waals surface area contributed by atoms with E-state index in [9.17, 15) is 10.1 Å². The highest BCUT2D eigenvalue weighted by molar-refractivity contribution is 6.42. The number of carbonyl (C=O) groups excluding carboxylic acids is 1. The number of nitrogens with one attached hydrogen (secondary N) is 1. The van der Waals surface area contributed by atoms with Crippen molar-refractivity contribution < 1.29 is 14.3 Å². The fourth-order valence-electron chi connectivity index (χ4n) is 2.27. The molecule has 0 aromatic heterocycles. The van der Waals surface area contributed by atoms with Crippen LogP contribution in [0.3, 0.4) is 0 Å². The highest BCUT2D eigenvalue weighted by atomic mass is 35.5. The van der Waals surface area contributed by atoms with Crippen LogP contribution in [0.4, 0.5) is 5.69 Å². The van der Waals surface area contributed by atoms with Crippen molar-refractivity contribution in [3.63, 3.8) is 0 Å². The van der Waals surface area contributed by atoms with Crippen LogP contribution in [0.5, 0.6) is 11.5 Å².